The highest BCUT2D eigenvalue weighted by molar-refractivity contribution is 9.10. The summed E-state index contributed by atoms with van der Waals surface area (Å²) < 4.78 is 1.04. The van der Waals surface area contributed by atoms with E-state index in [1.54, 1.807) is 0 Å². The van der Waals surface area contributed by atoms with Gasteiger partial charge in [-0.1, -0.05) is 0 Å². The van der Waals surface area contributed by atoms with Crippen LogP contribution in [0.2, 0.25) is 0 Å². The Labute approximate surface area is 105 Å². The van der Waals surface area contributed by atoms with Crippen LogP contribution in [0.15, 0.2) is 22.8 Å². The second-order valence-corrected chi connectivity index (χ2v) is 4.41. The van der Waals surface area contributed by atoms with Crippen LogP contribution in [0.3, 0.4) is 0 Å². The molecule has 0 bridgehead atoms. The van der Waals surface area contributed by atoms with Gasteiger partial charge >= 0.3 is 0 Å². The highest BCUT2D eigenvalue weighted by atomic mass is 79.9. The standard InChI is InChI=1S/C10H14BrN3.ClH/c11-9-1-2-10(13-7-9)8-14-5-3-12-4-6-14;/h1-2,7,12H,3-6,8H2;1H. The second kappa shape index (κ2) is 6.43. The molecule has 1 saturated heterocycles. The summed E-state index contributed by atoms with van der Waals surface area (Å²) in [6.07, 6.45) is 1.86. The molecule has 1 aliphatic heterocycles. The van der Waals surface area contributed by atoms with Crippen LogP contribution in [0.4, 0.5) is 0 Å². The van der Waals surface area contributed by atoms with E-state index in [2.05, 4.69) is 37.2 Å². The van der Waals surface area contributed by atoms with Gasteiger partial charge in [-0.2, -0.15) is 0 Å². The van der Waals surface area contributed by atoms with Gasteiger partial charge in [0.25, 0.3) is 0 Å². The van der Waals surface area contributed by atoms with E-state index in [-0.39, 0.29) is 12.4 Å². The summed E-state index contributed by atoms with van der Waals surface area (Å²) in [5, 5.41) is 3.34. The largest absolute Gasteiger partial charge is 0.314 e. The van der Waals surface area contributed by atoms with Crippen LogP contribution >= 0.6 is 28.3 Å². The third-order valence-electron chi connectivity index (χ3n) is 2.38. The lowest BCUT2D eigenvalue weighted by molar-refractivity contribution is 0.230. The minimum atomic E-state index is 0. The van der Waals surface area contributed by atoms with Crippen molar-refractivity contribution < 1.29 is 0 Å². The van der Waals surface area contributed by atoms with Gasteiger partial charge in [0, 0.05) is 43.4 Å². The Morgan fingerprint density at radius 3 is 2.67 bits per heavy atom. The molecule has 0 aliphatic carbocycles. The van der Waals surface area contributed by atoms with Gasteiger partial charge in [0.05, 0.1) is 5.69 Å². The van der Waals surface area contributed by atoms with Crippen molar-refractivity contribution in [2.75, 3.05) is 26.2 Å². The van der Waals surface area contributed by atoms with Crippen LogP contribution in [0.25, 0.3) is 0 Å². The number of hydrogen-bond acceptors (Lipinski definition) is 3. The first-order chi connectivity index (χ1) is 6.84. The van der Waals surface area contributed by atoms with E-state index in [1.165, 1.54) is 0 Å². The minimum Gasteiger partial charge on any atom is -0.314 e. The molecular formula is C10H15BrClN3. The molecule has 0 atom stereocenters. The summed E-state index contributed by atoms with van der Waals surface area (Å²) in [5.41, 5.74) is 1.15. The lowest BCUT2D eigenvalue weighted by atomic mass is 10.3. The normalized spacial score (nSPS) is 17.1. The first kappa shape index (κ1) is 12.9. The molecule has 0 aromatic carbocycles. The van der Waals surface area contributed by atoms with Crippen molar-refractivity contribution in [3.63, 3.8) is 0 Å². The highest BCUT2D eigenvalue weighted by Crippen LogP contribution is 2.09. The number of pyridine rings is 1. The van der Waals surface area contributed by atoms with Gasteiger partial charge in [-0.15, -0.1) is 12.4 Å². The topological polar surface area (TPSA) is 28.2 Å². The van der Waals surface area contributed by atoms with Crippen molar-refractivity contribution in [2.45, 2.75) is 6.54 Å². The van der Waals surface area contributed by atoms with E-state index in [0.29, 0.717) is 0 Å². The van der Waals surface area contributed by atoms with E-state index < -0.39 is 0 Å². The van der Waals surface area contributed by atoms with E-state index in [4.69, 9.17) is 0 Å². The maximum Gasteiger partial charge on any atom is 0.0544 e. The molecule has 1 N–H and O–H groups in total. The second-order valence-electron chi connectivity index (χ2n) is 3.49. The van der Waals surface area contributed by atoms with E-state index in [9.17, 15) is 0 Å². The molecule has 0 unspecified atom stereocenters. The Bertz CT molecular complexity index is 285. The highest BCUT2D eigenvalue weighted by Gasteiger charge is 2.09. The summed E-state index contributed by atoms with van der Waals surface area (Å²) in [6.45, 7) is 5.40. The van der Waals surface area contributed by atoms with E-state index in [0.717, 1.165) is 42.9 Å². The van der Waals surface area contributed by atoms with Gasteiger partial charge in [0.1, 0.15) is 0 Å². The number of nitrogens with zero attached hydrogens (tertiary/aromatic N) is 2. The number of piperazine rings is 1. The van der Waals surface area contributed by atoms with Crippen molar-refractivity contribution in [2.24, 2.45) is 0 Å². The lowest BCUT2D eigenvalue weighted by Gasteiger charge is -2.26. The van der Waals surface area contributed by atoms with Crippen LogP contribution in [0.5, 0.6) is 0 Å². The predicted molar refractivity (Wildman–Crippen MR) is 67.3 cm³/mol. The third-order valence-corrected chi connectivity index (χ3v) is 2.85. The van der Waals surface area contributed by atoms with Crippen LogP contribution in [-0.4, -0.2) is 36.1 Å². The van der Waals surface area contributed by atoms with Gasteiger partial charge < -0.3 is 5.32 Å². The average molecular weight is 293 g/mol. The van der Waals surface area contributed by atoms with Crippen molar-refractivity contribution in [1.82, 2.24) is 15.2 Å². The molecule has 84 valence electrons. The quantitative estimate of drug-likeness (QED) is 0.899. The lowest BCUT2D eigenvalue weighted by Crippen LogP contribution is -2.43. The van der Waals surface area contributed by atoms with Crippen LogP contribution in [-0.2, 0) is 6.54 Å². The molecule has 15 heavy (non-hydrogen) atoms. The van der Waals surface area contributed by atoms with Crippen molar-refractivity contribution in [3.8, 4) is 0 Å². The molecule has 1 aliphatic rings. The summed E-state index contributed by atoms with van der Waals surface area (Å²) >= 11 is 3.38. The van der Waals surface area contributed by atoms with Gasteiger partial charge in [0.15, 0.2) is 0 Å². The molecule has 1 fully saturated rings. The summed E-state index contributed by atoms with van der Waals surface area (Å²) in [6, 6.07) is 4.12. The Hall–Kier alpha value is -0.160. The smallest absolute Gasteiger partial charge is 0.0544 e. The van der Waals surface area contributed by atoms with Crippen molar-refractivity contribution >= 4 is 28.3 Å². The molecule has 5 heteroatoms. The van der Waals surface area contributed by atoms with Gasteiger partial charge in [-0.25, -0.2) is 0 Å². The molecule has 0 spiro atoms. The number of rotatable bonds is 2. The first-order valence-electron chi connectivity index (χ1n) is 4.88. The average Bonchev–Trinajstić information content (AvgIpc) is 2.23. The first-order valence-corrected chi connectivity index (χ1v) is 5.67. The van der Waals surface area contributed by atoms with Crippen LogP contribution in [0.1, 0.15) is 5.69 Å². The fourth-order valence-electron chi connectivity index (χ4n) is 1.60. The van der Waals surface area contributed by atoms with Gasteiger partial charge in [-0.05, 0) is 28.1 Å². The molecule has 3 nitrogen and oxygen atoms in total. The Morgan fingerprint density at radius 2 is 2.07 bits per heavy atom. The predicted octanol–water partition coefficient (Wildman–Crippen LogP) is 1.67. The Morgan fingerprint density at radius 1 is 1.33 bits per heavy atom. The van der Waals surface area contributed by atoms with Crippen molar-refractivity contribution in [3.05, 3.63) is 28.5 Å². The zero-order valence-corrected chi connectivity index (χ0v) is 10.9. The minimum absolute atomic E-state index is 0. The number of hydrogen-bond donors (Lipinski definition) is 1. The molecule has 2 heterocycles. The Kier molecular flexibility index (Phi) is 5.53. The molecule has 0 saturated carbocycles. The van der Waals surface area contributed by atoms with Crippen molar-refractivity contribution in [1.29, 1.82) is 0 Å². The molecular weight excluding hydrogens is 277 g/mol. The van der Waals surface area contributed by atoms with E-state index >= 15 is 0 Å². The van der Waals surface area contributed by atoms with Crippen LogP contribution in [0, 0.1) is 0 Å². The summed E-state index contributed by atoms with van der Waals surface area (Å²) in [7, 11) is 0. The molecule has 1 aromatic rings. The summed E-state index contributed by atoms with van der Waals surface area (Å²) in [5.74, 6) is 0. The zero-order chi connectivity index (χ0) is 9.80. The summed E-state index contributed by atoms with van der Waals surface area (Å²) in [4.78, 5) is 6.79. The molecule has 2 rings (SSSR count). The zero-order valence-electron chi connectivity index (χ0n) is 8.45. The Balaban J connectivity index is 0.00000112. The molecule has 1 aromatic heterocycles. The van der Waals surface area contributed by atoms with Crippen LogP contribution < -0.4 is 5.32 Å². The number of halogens is 2. The fraction of sp³-hybridized carbons (Fsp3) is 0.500. The van der Waals surface area contributed by atoms with Gasteiger partial charge in [0.2, 0.25) is 0 Å². The molecule has 0 radical (unpaired) electrons. The third kappa shape index (κ3) is 4.07. The van der Waals surface area contributed by atoms with Gasteiger partial charge in [-0.3, -0.25) is 9.88 Å². The maximum absolute atomic E-state index is 4.36. The number of nitrogens with one attached hydrogen (secondary N) is 1. The fourth-order valence-corrected chi connectivity index (χ4v) is 1.83. The maximum atomic E-state index is 4.36. The SMILES string of the molecule is Brc1ccc(CN2CCNCC2)nc1.Cl. The van der Waals surface area contributed by atoms with E-state index in [1.807, 2.05) is 12.3 Å². The monoisotopic (exact) mass is 291 g/mol. The molecule has 0 amide bonds. The number of aromatic nitrogens is 1.